The Kier molecular flexibility index (Phi) is 5.91. The lowest BCUT2D eigenvalue weighted by molar-refractivity contribution is 0.218. The minimum atomic E-state index is 0.289. The van der Waals surface area contributed by atoms with Crippen LogP contribution < -0.4 is 0 Å². The number of para-hydroxylation sites is 1. The topological polar surface area (TPSA) is 41.1 Å². The van der Waals surface area contributed by atoms with Crippen molar-refractivity contribution in [3.05, 3.63) is 87.4 Å². The largest absolute Gasteiger partial charge is 0.342 e. The monoisotopic (exact) mass is 465 g/mol. The number of aromatic nitrogens is 1. The number of hydrogen-bond donors (Lipinski definition) is 0. The average Bonchev–Trinajstić information content (AvgIpc) is 3.35. The molecule has 2 aromatic carbocycles. The van der Waals surface area contributed by atoms with Crippen LogP contribution >= 0.6 is 11.3 Å². The lowest BCUT2D eigenvalue weighted by atomic mass is 9.72. The van der Waals surface area contributed by atoms with Crippen molar-refractivity contribution in [3.63, 3.8) is 0 Å². The van der Waals surface area contributed by atoms with Gasteiger partial charge in [0.2, 0.25) is 0 Å². The minimum absolute atomic E-state index is 0.289. The second-order valence-electron chi connectivity index (χ2n) is 10.6. The molecule has 0 spiro atoms. The fourth-order valence-corrected chi connectivity index (χ4v) is 6.27. The molecular weight excluding hydrogens is 434 g/mol. The van der Waals surface area contributed by atoms with E-state index < -0.39 is 0 Å². The number of nitriles is 1. The summed E-state index contributed by atoms with van der Waals surface area (Å²) in [5.74, 6) is 0.654. The zero-order valence-electron chi connectivity index (χ0n) is 20.4. The molecule has 4 aromatic rings. The molecule has 2 aromatic heterocycles. The molecule has 0 saturated carbocycles. The molecule has 0 N–H and O–H groups in total. The number of benzene rings is 2. The molecule has 0 fully saturated rings. The highest BCUT2D eigenvalue weighted by atomic mass is 32.1. The van der Waals surface area contributed by atoms with E-state index in [2.05, 4.69) is 93.1 Å². The zero-order chi connectivity index (χ0) is 23.9. The highest BCUT2D eigenvalue weighted by Gasteiger charge is 2.32. The first-order valence-electron chi connectivity index (χ1n) is 12.1. The third kappa shape index (κ3) is 4.33. The molecule has 172 valence electrons. The molecule has 34 heavy (non-hydrogen) atoms. The summed E-state index contributed by atoms with van der Waals surface area (Å²) in [4.78, 5) is 6.24. The van der Waals surface area contributed by atoms with E-state index in [1.165, 1.54) is 32.5 Å². The van der Waals surface area contributed by atoms with E-state index in [-0.39, 0.29) is 5.41 Å². The second kappa shape index (κ2) is 8.89. The molecule has 1 aliphatic carbocycles. The predicted molar refractivity (Wildman–Crippen MR) is 143 cm³/mol. The first kappa shape index (κ1) is 22.6. The Hall–Kier alpha value is -3.16. The van der Waals surface area contributed by atoms with Gasteiger partial charge in [-0.1, -0.05) is 68.8 Å². The van der Waals surface area contributed by atoms with Crippen molar-refractivity contribution in [2.24, 2.45) is 16.3 Å². The molecule has 1 atom stereocenters. The molecule has 5 rings (SSSR count). The van der Waals surface area contributed by atoms with Crippen LogP contribution in [0.5, 0.6) is 0 Å². The van der Waals surface area contributed by atoms with Gasteiger partial charge in [0.25, 0.3) is 0 Å². The van der Waals surface area contributed by atoms with Crippen LogP contribution in [-0.2, 0) is 19.4 Å². The number of thiophene rings is 1. The molecule has 0 aliphatic heterocycles. The van der Waals surface area contributed by atoms with Crippen molar-refractivity contribution in [2.45, 2.75) is 53.5 Å². The standard InChI is InChI=1S/C30H31N3S/c1-20-9-11-21(12-10-20)18-33-19-22(24-7-5-6-8-27(24)33)17-32-29-26(16-31)25-14-13-23(30(2,3)4)15-28(25)34-29/h5-12,17,19,23H,13-15,18H2,1-4H3/t23-/m1/s1. The lowest BCUT2D eigenvalue weighted by Gasteiger charge is -2.33. The summed E-state index contributed by atoms with van der Waals surface area (Å²) in [6, 6.07) is 19.7. The first-order valence-corrected chi connectivity index (χ1v) is 12.9. The van der Waals surface area contributed by atoms with Crippen molar-refractivity contribution in [1.82, 2.24) is 4.57 Å². The first-order chi connectivity index (χ1) is 16.3. The van der Waals surface area contributed by atoms with Crippen LogP contribution in [0.3, 0.4) is 0 Å². The lowest BCUT2D eigenvalue weighted by Crippen LogP contribution is -2.26. The van der Waals surface area contributed by atoms with E-state index in [4.69, 9.17) is 4.99 Å². The minimum Gasteiger partial charge on any atom is -0.342 e. The number of rotatable bonds is 4. The van der Waals surface area contributed by atoms with Crippen molar-refractivity contribution in [2.75, 3.05) is 0 Å². The molecular formula is C30H31N3S. The van der Waals surface area contributed by atoms with Gasteiger partial charge in [-0.3, -0.25) is 0 Å². The fraction of sp³-hybridized carbons (Fsp3) is 0.333. The van der Waals surface area contributed by atoms with Gasteiger partial charge in [0.1, 0.15) is 11.1 Å². The molecule has 0 unspecified atom stereocenters. The van der Waals surface area contributed by atoms with Gasteiger partial charge in [0.15, 0.2) is 0 Å². The summed E-state index contributed by atoms with van der Waals surface area (Å²) in [5.41, 5.74) is 7.15. The van der Waals surface area contributed by atoms with Gasteiger partial charge in [0.05, 0.1) is 5.56 Å². The third-order valence-electron chi connectivity index (χ3n) is 7.20. The van der Waals surface area contributed by atoms with Crippen LogP contribution in [0.1, 0.15) is 59.9 Å². The van der Waals surface area contributed by atoms with Crippen LogP contribution in [0.4, 0.5) is 5.00 Å². The highest BCUT2D eigenvalue weighted by Crippen LogP contribution is 2.45. The van der Waals surface area contributed by atoms with Crippen molar-refractivity contribution in [3.8, 4) is 6.07 Å². The number of nitrogens with zero attached hydrogens (tertiary/aromatic N) is 3. The van der Waals surface area contributed by atoms with Gasteiger partial charge >= 0.3 is 0 Å². The van der Waals surface area contributed by atoms with Gasteiger partial charge in [-0.05, 0) is 54.7 Å². The van der Waals surface area contributed by atoms with E-state index >= 15 is 0 Å². The summed E-state index contributed by atoms with van der Waals surface area (Å²) in [6.07, 6.45) is 7.33. The number of hydrogen-bond acceptors (Lipinski definition) is 3. The molecule has 0 radical (unpaired) electrons. The van der Waals surface area contributed by atoms with E-state index in [1.54, 1.807) is 11.3 Å². The molecule has 1 aliphatic rings. The SMILES string of the molecule is Cc1ccc(Cn2cc(C=Nc3sc4c(c3C#N)CC[C@@H](C(C)(C)C)C4)c3ccccc32)cc1. The average molecular weight is 466 g/mol. The van der Waals surface area contributed by atoms with E-state index in [0.717, 1.165) is 41.9 Å². The predicted octanol–water partition coefficient (Wildman–Crippen LogP) is 7.83. The smallest absolute Gasteiger partial charge is 0.134 e. The van der Waals surface area contributed by atoms with Gasteiger partial charge < -0.3 is 4.57 Å². The summed E-state index contributed by atoms with van der Waals surface area (Å²) >= 11 is 1.71. The Morgan fingerprint density at radius 2 is 1.91 bits per heavy atom. The molecule has 3 nitrogen and oxygen atoms in total. The Bertz CT molecular complexity index is 1400. The Balaban J connectivity index is 1.48. The molecule has 0 amide bonds. The Morgan fingerprint density at radius 1 is 1.15 bits per heavy atom. The van der Waals surface area contributed by atoms with Crippen molar-refractivity contribution < 1.29 is 0 Å². The van der Waals surface area contributed by atoms with Crippen molar-refractivity contribution >= 4 is 33.5 Å². The van der Waals surface area contributed by atoms with E-state index in [0.29, 0.717) is 5.92 Å². The van der Waals surface area contributed by atoms with E-state index in [9.17, 15) is 5.26 Å². The maximum absolute atomic E-state index is 9.92. The molecule has 4 heteroatoms. The van der Waals surface area contributed by atoms with Crippen LogP contribution in [0.2, 0.25) is 0 Å². The number of aliphatic imine (C=N–C) groups is 1. The Morgan fingerprint density at radius 3 is 2.65 bits per heavy atom. The summed E-state index contributed by atoms with van der Waals surface area (Å²) in [5, 5.41) is 12.0. The number of fused-ring (bicyclic) bond motifs is 2. The van der Waals surface area contributed by atoms with Gasteiger partial charge in [0, 0.05) is 40.3 Å². The third-order valence-corrected chi connectivity index (χ3v) is 8.36. The van der Waals surface area contributed by atoms with Crippen LogP contribution in [0.15, 0.2) is 59.7 Å². The summed E-state index contributed by atoms with van der Waals surface area (Å²) in [6.45, 7) is 9.91. The summed E-state index contributed by atoms with van der Waals surface area (Å²) in [7, 11) is 0. The highest BCUT2D eigenvalue weighted by molar-refractivity contribution is 7.16. The van der Waals surface area contributed by atoms with Crippen molar-refractivity contribution in [1.29, 1.82) is 5.26 Å². The van der Waals surface area contributed by atoms with Gasteiger partial charge in [-0.25, -0.2) is 4.99 Å². The van der Waals surface area contributed by atoms with Crippen LogP contribution in [0.25, 0.3) is 10.9 Å². The molecule has 0 saturated heterocycles. The molecule has 2 heterocycles. The quantitative estimate of drug-likeness (QED) is 0.283. The fourth-order valence-electron chi connectivity index (χ4n) is 5.04. The summed E-state index contributed by atoms with van der Waals surface area (Å²) < 4.78 is 2.29. The Labute approximate surface area is 206 Å². The van der Waals surface area contributed by atoms with Gasteiger partial charge in [-0.15, -0.1) is 11.3 Å². The van der Waals surface area contributed by atoms with Gasteiger partial charge in [-0.2, -0.15) is 5.26 Å². The second-order valence-corrected chi connectivity index (χ2v) is 11.7. The van der Waals surface area contributed by atoms with Crippen LogP contribution in [0, 0.1) is 29.6 Å². The maximum atomic E-state index is 9.92. The maximum Gasteiger partial charge on any atom is 0.134 e. The zero-order valence-corrected chi connectivity index (χ0v) is 21.2. The normalized spacial score (nSPS) is 16.1. The molecule has 0 bridgehead atoms. The van der Waals surface area contributed by atoms with Crippen LogP contribution in [-0.4, -0.2) is 10.8 Å². The van der Waals surface area contributed by atoms with E-state index in [1.807, 2.05) is 6.21 Å². The number of aryl methyl sites for hydroxylation is 1.